The van der Waals surface area contributed by atoms with Crippen molar-refractivity contribution in [3.8, 4) is 0 Å². The first kappa shape index (κ1) is 9.26. The standard InChI is InChI=1S/C9H10BrNO/c10-6-5-7-3-1-2-4-8(7)9(11)12/h1-4H,5-6H2,(H2,11,12). The van der Waals surface area contributed by atoms with Crippen LogP contribution in [0, 0.1) is 0 Å². The van der Waals surface area contributed by atoms with E-state index in [4.69, 9.17) is 5.73 Å². The molecule has 0 spiro atoms. The van der Waals surface area contributed by atoms with Crippen LogP contribution in [0.5, 0.6) is 0 Å². The monoisotopic (exact) mass is 227 g/mol. The predicted molar refractivity (Wildman–Crippen MR) is 52.5 cm³/mol. The molecule has 12 heavy (non-hydrogen) atoms. The average Bonchev–Trinajstić information content (AvgIpc) is 2.05. The molecule has 0 aliphatic heterocycles. The number of rotatable bonds is 3. The number of aryl methyl sites for hydroxylation is 1. The molecule has 1 rings (SSSR count). The highest BCUT2D eigenvalue weighted by Gasteiger charge is 2.04. The van der Waals surface area contributed by atoms with Crippen LogP contribution in [0.15, 0.2) is 24.3 Å². The molecular formula is C9H10BrNO. The van der Waals surface area contributed by atoms with Gasteiger partial charge in [-0.25, -0.2) is 0 Å². The van der Waals surface area contributed by atoms with E-state index in [1.807, 2.05) is 18.2 Å². The fourth-order valence-electron chi connectivity index (χ4n) is 1.08. The molecule has 2 N–H and O–H groups in total. The van der Waals surface area contributed by atoms with E-state index < -0.39 is 0 Å². The second-order valence-electron chi connectivity index (χ2n) is 2.46. The van der Waals surface area contributed by atoms with Crippen LogP contribution in [0.4, 0.5) is 0 Å². The van der Waals surface area contributed by atoms with Gasteiger partial charge in [-0.3, -0.25) is 4.79 Å². The van der Waals surface area contributed by atoms with Crippen LogP contribution in [0.25, 0.3) is 0 Å². The number of primary amides is 1. The molecule has 0 saturated carbocycles. The van der Waals surface area contributed by atoms with Crippen molar-refractivity contribution in [2.45, 2.75) is 6.42 Å². The molecule has 0 saturated heterocycles. The maximum Gasteiger partial charge on any atom is 0.248 e. The number of alkyl halides is 1. The summed E-state index contributed by atoms with van der Waals surface area (Å²) in [5.41, 5.74) is 6.81. The number of benzene rings is 1. The van der Waals surface area contributed by atoms with Crippen LogP contribution in [-0.4, -0.2) is 11.2 Å². The van der Waals surface area contributed by atoms with Gasteiger partial charge in [-0.2, -0.15) is 0 Å². The Bertz CT molecular complexity index is 286. The van der Waals surface area contributed by atoms with Crippen LogP contribution in [0.3, 0.4) is 0 Å². The van der Waals surface area contributed by atoms with E-state index in [0.717, 1.165) is 17.3 Å². The van der Waals surface area contributed by atoms with Crippen molar-refractivity contribution >= 4 is 21.8 Å². The zero-order chi connectivity index (χ0) is 8.97. The molecule has 0 atom stereocenters. The van der Waals surface area contributed by atoms with E-state index in [1.165, 1.54) is 0 Å². The molecule has 0 aliphatic carbocycles. The number of hydrogen-bond donors (Lipinski definition) is 1. The van der Waals surface area contributed by atoms with Crippen LogP contribution in [0.2, 0.25) is 0 Å². The summed E-state index contributed by atoms with van der Waals surface area (Å²) in [5, 5.41) is 0.845. The molecule has 1 amide bonds. The zero-order valence-corrected chi connectivity index (χ0v) is 8.17. The van der Waals surface area contributed by atoms with Gasteiger partial charge in [0.1, 0.15) is 0 Å². The average molecular weight is 228 g/mol. The van der Waals surface area contributed by atoms with E-state index in [2.05, 4.69) is 15.9 Å². The van der Waals surface area contributed by atoms with Gasteiger partial charge in [0, 0.05) is 10.9 Å². The molecule has 0 unspecified atom stereocenters. The smallest absolute Gasteiger partial charge is 0.248 e. The number of amides is 1. The van der Waals surface area contributed by atoms with E-state index in [9.17, 15) is 4.79 Å². The van der Waals surface area contributed by atoms with Crippen LogP contribution in [-0.2, 0) is 6.42 Å². The first-order valence-electron chi connectivity index (χ1n) is 3.69. The quantitative estimate of drug-likeness (QED) is 0.786. The van der Waals surface area contributed by atoms with Gasteiger partial charge in [0.25, 0.3) is 0 Å². The molecule has 0 heterocycles. The van der Waals surface area contributed by atoms with Crippen molar-refractivity contribution in [1.29, 1.82) is 0 Å². The minimum atomic E-state index is -0.355. The van der Waals surface area contributed by atoms with Gasteiger partial charge in [0.2, 0.25) is 5.91 Å². The molecule has 2 nitrogen and oxygen atoms in total. The molecule has 0 fully saturated rings. The summed E-state index contributed by atoms with van der Waals surface area (Å²) in [7, 11) is 0. The Morgan fingerprint density at radius 3 is 2.67 bits per heavy atom. The molecule has 0 radical (unpaired) electrons. The summed E-state index contributed by atoms with van der Waals surface area (Å²) in [6.45, 7) is 0. The van der Waals surface area contributed by atoms with Gasteiger partial charge in [-0.05, 0) is 18.1 Å². The Labute approximate surface area is 79.9 Å². The van der Waals surface area contributed by atoms with Crippen molar-refractivity contribution in [2.24, 2.45) is 5.73 Å². The van der Waals surface area contributed by atoms with Crippen molar-refractivity contribution in [3.05, 3.63) is 35.4 Å². The lowest BCUT2D eigenvalue weighted by atomic mass is 10.1. The van der Waals surface area contributed by atoms with E-state index >= 15 is 0 Å². The highest BCUT2D eigenvalue weighted by Crippen LogP contribution is 2.09. The molecule has 64 valence electrons. The van der Waals surface area contributed by atoms with Crippen LogP contribution in [0.1, 0.15) is 15.9 Å². The second kappa shape index (κ2) is 4.26. The van der Waals surface area contributed by atoms with Gasteiger partial charge < -0.3 is 5.73 Å². The summed E-state index contributed by atoms with van der Waals surface area (Å²) < 4.78 is 0. The third kappa shape index (κ3) is 2.08. The lowest BCUT2D eigenvalue weighted by Crippen LogP contribution is -2.13. The fourth-order valence-corrected chi connectivity index (χ4v) is 1.51. The summed E-state index contributed by atoms with van der Waals surface area (Å²) in [6.07, 6.45) is 0.832. The number of nitrogens with two attached hydrogens (primary N) is 1. The molecular weight excluding hydrogens is 218 g/mol. The molecule has 1 aromatic carbocycles. The van der Waals surface area contributed by atoms with Gasteiger partial charge in [0.05, 0.1) is 0 Å². The first-order valence-corrected chi connectivity index (χ1v) is 4.81. The van der Waals surface area contributed by atoms with Crippen molar-refractivity contribution < 1.29 is 4.79 Å². The van der Waals surface area contributed by atoms with E-state index in [1.54, 1.807) is 6.07 Å². The van der Waals surface area contributed by atoms with Gasteiger partial charge in [0.15, 0.2) is 0 Å². The second-order valence-corrected chi connectivity index (χ2v) is 3.25. The van der Waals surface area contributed by atoms with Crippen LogP contribution < -0.4 is 5.73 Å². The van der Waals surface area contributed by atoms with Gasteiger partial charge in [-0.1, -0.05) is 34.1 Å². The third-order valence-electron chi connectivity index (χ3n) is 1.65. The summed E-state index contributed by atoms with van der Waals surface area (Å²) in [6, 6.07) is 7.39. The molecule has 0 bridgehead atoms. The molecule has 0 aromatic heterocycles. The Morgan fingerprint density at radius 1 is 1.42 bits per heavy atom. The van der Waals surface area contributed by atoms with Crippen molar-refractivity contribution in [3.63, 3.8) is 0 Å². The maximum absolute atomic E-state index is 10.9. The van der Waals surface area contributed by atoms with E-state index in [0.29, 0.717) is 5.56 Å². The number of halogens is 1. The maximum atomic E-state index is 10.9. The van der Waals surface area contributed by atoms with Gasteiger partial charge in [-0.15, -0.1) is 0 Å². The lowest BCUT2D eigenvalue weighted by molar-refractivity contribution is 0.0999. The van der Waals surface area contributed by atoms with E-state index in [-0.39, 0.29) is 5.91 Å². The molecule has 1 aromatic rings. The molecule has 3 heteroatoms. The van der Waals surface area contributed by atoms with Gasteiger partial charge >= 0.3 is 0 Å². The Kier molecular flexibility index (Phi) is 3.29. The highest BCUT2D eigenvalue weighted by molar-refractivity contribution is 9.09. The lowest BCUT2D eigenvalue weighted by Gasteiger charge is -2.02. The minimum Gasteiger partial charge on any atom is -0.366 e. The summed E-state index contributed by atoms with van der Waals surface area (Å²) in [5.74, 6) is -0.355. The zero-order valence-electron chi connectivity index (χ0n) is 6.59. The predicted octanol–water partition coefficient (Wildman–Crippen LogP) is 1.72. The molecule has 0 aliphatic rings. The summed E-state index contributed by atoms with van der Waals surface area (Å²) >= 11 is 3.32. The Hall–Kier alpha value is -0.830. The number of hydrogen-bond acceptors (Lipinski definition) is 1. The SMILES string of the molecule is NC(=O)c1ccccc1CCBr. The normalized spacial score (nSPS) is 9.75. The first-order chi connectivity index (χ1) is 5.75. The Balaban J connectivity index is 3.00. The fraction of sp³-hybridized carbons (Fsp3) is 0.222. The highest BCUT2D eigenvalue weighted by atomic mass is 79.9. The minimum absolute atomic E-state index is 0.355. The van der Waals surface area contributed by atoms with Crippen LogP contribution >= 0.6 is 15.9 Å². The van der Waals surface area contributed by atoms with Crippen molar-refractivity contribution in [1.82, 2.24) is 0 Å². The van der Waals surface area contributed by atoms with Crippen molar-refractivity contribution in [2.75, 3.05) is 5.33 Å². The number of carbonyl (C=O) groups is 1. The Morgan fingerprint density at radius 2 is 2.08 bits per heavy atom. The topological polar surface area (TPSA) is 43.1 Å². The largest absolute Gasteiger partial charge is 0.366 e. The third-order valence-corrected chi connectivity index (χ3v) is 2.04. The number of carbonyl (C=O) groups excluding carboxylic acids is 1. The summed E-state index contributed by atoms with van der Waals surface area (Å²) in [4.78, 5) is 10.9.